The minimum absolute atomic E-state index is 0.110. The minimum Gasteiger partial charge on any atom is -0.461 e. The summed E-state index contributed by atoms with van der Waals surface area (Å²) in [5, 5.41) is 5.93. The molecule has 2 aromatic heterocycles. The predicted octanol–water partition coefficient (Wildman–Crippen LogP) is 4.48. The third-order valence-corrected chi connectivity index (χ3v) is 5.33. The summed E-state index contributed by atoms with van der Waals surface area (Å²) in [5.74, 6) is -1.06. The van der Waals surface area contributed by atoms with Crippen LogP contribution in [0.2, 0.25) is 20.1 Å². The molecule has 126 valence electrons. The summed E-state index contributed by atoms with van der Waals surface area (Å²) in [6, 6.07) is 3.29. The topological polar surface area (TPSA) is 92.1 Å². The molecule has 1 N–H and O–H groups in total. The standard InChI is InChI=1S/C14H4Cl4N4O3/c15-7-5-6(8(16)10(18)9(7)17)13(24)22(12(5)23)14-19-11(20-21-14)4-2-1-3-25-4/h1-3H,(H,19,20,21). The molecular formula is C14H4Cl4N4O3. The highest BCUT2D eigenvalue weighted by molar-refractivity contribution is 6.56. The van der Waals surface area contributed by atoms with Gasteiger partial charge in [-0.05, 0) is 12.1 Å². The van der Waals surface area contributed by atoms with Crippen molar-refractivity contribution in [1.29, 1.82) is 0 Å². The van der Waals surface area contributed by atoms with Crippen LogP contribution in [-0.4, -0.2) is 27.0 Å². The Morgan fingerprint density at radius 1 is 0.960 bits per heavy atom. The summed E-state index contributed by atoms with van der Waals surface area (Å²) in [7, 11) is 0. The first-order chi connectivity index (χ1) is 11.9. The Labute approximate surface area is 159 Å². The number of furan rings is 1. The molecule has 0 saturated carbocycles. The number of halogens is 4. The van der Waals surface area contributed by atoms with Gasteiger partial charge in [0, 0.05) is 0 Å². The van der Waals surface area contributed by atoms with Crippen LogP contribution in [-0.2, 0) is 0 Å². The number of anilines is 1. The van der Waals surface area contributed by atoms with Gasteiger partial charge in [0.05, 0.1) is 37.5 Å². The number of hydrogen-bond acceptors (Lipinski definition) is 5. The predicted molar refractivity (Wildman–Crippen MR) is 91.7 cm³/mol. The maximum Gasteiger partial charge on any atom is 0.270 e. The lowest BCUT2D eigenvalue weighted by Gasteiger charge is -2.07. The third-order valence-electron chi connectivity index (χ3n) is 3.53. The fourth-order valence-corrected chi connectivity index (χ4v) is 3.42. The molecule has 0 radical (unpaired) electrons. The van der Waals surface area contributed by atoms with E-state index < -0.39 is 11.8 Å². The zero-order valence-electron chi connectivity index (χ0n) is 11.8. The van der Waals surface area contributed by atoms with E-state index in [0.717, 1.165) is 4.90 Å². The van der Waals surface area contributed by atoms with Gasteiger partial charge in [0.1, 0.15) is 0 Å². The summed E-state index contributed by atoms with van der Waals surface area (Å²) >= 11 is 24.1. The maximum absolute atomic E-state index is 12.7. The van der Waals surface area contributed by atoms with Crippen molar-refractivity contribution in [2.45, 2.75) is 0 Å². The number of H-pyrrole nitrogens is 1. The molecule has 0 spiro atoms. The van der Waals surface area contributed by atoms with Crippen LogP contribution in [0, 0.1) is 0 Å². The number of aromatic amines is 1. The minimum atomic E-state index is -0.754. The Hall–Kier alpha value is -2.06. The lowest BCUT2D eigenvalue weighted by Crippen LogP contribution is -2.30. The first-order valence-electron chi connectivity index (χ1n) is 6.62. The molecule has 7 nitrogen and oxygen atoms in total. The molecule has 11 heteroatoms. The van der Waals surface area contributed by atoms with Crippen molar-refractivity contribution in [3.05, 3.63) is 49.6 Å². The normalized spacial score (nSPS) is 13.7. The van der Waals surface area contributed by atoms with E-state index in [4.69, 9.17) is 50.8 Å². The molecule has 0 unspecified atom stereocenters. The van der Waals surface area contributed by atoms with Crippen LogP contribution in [0.1, 0.15) is 20.7 Å². The number of carbonyl (C=O) groups excluding carboxylic acids is 2. The zero-order valence-corrected chi connectivity index (χ0v) is 14.8. The van der Waals surface area contributed by atoms with Crippen LogP contribution < -0.4 is 4.90 Å². The molecule has 0 aliphatic carbocycles. The fourth-order valence-electron chi connectivity index (χ4n) is 2.41. The van der Waals surface area contributed by atoms with Crippen LogP contribution in [0.4, 0.5) is 5.95 Å². The molecule has 1 aliphatic heterocycles. The first-order valence-corrected chi connectivity index (χ1v) is 8.14. The van der Waals surface area contributed by atoms with Gasteiger partial charge in [0.2, 0.25) is 0 Å². The molecule has 3 aromatic rings. The Kier molecular flexibility index (Phi) is 3.77. The number of carbonyl (C=O) groups is 2. The maximum atomic E-state index is 12.7. The fraction of sp³-hybridized carbons (Fsp3) is 0. The molecule has 25 heavy (non-hydrogen) atoms. The summed E-state index contributed by atoms with van der Waals surface area (Å²) in [4.78, 5) is 30.2. The Morgan fingerprint density at radius 2 is 1.56 bits per heavy atom. The highest BCUT2D eigenvalue weighted by Crippen LogP contribution is 2.45. The smallest absolute Gasteiger partial charge is 0.270 e. The second-order valence-corrected chi connectivity index (χ2v) is 6.42. The van der Waals surface area contributed by atoms with E-state index in [1.165, 1.54) is 6.26 Å². The molecule has 1 aromatic carbocycles. The number of aromatic nitrogens is 3. The van der Waals surface area contributed by atoms with Gasteiger partial charge in [-0.1, -0.05) is 46.4 Å². The average molecular weight is 418 g/mol. The number of imide groups is 1. The van der Waals surface area contributed by atoms with Crippen LogP contribution in [0.3, 0.4) is 0 Å². The van der Waals surface area contributed by atoms with Gasteiger partial charge in [-0.25, -0.2) is 4.90 Å². The van der Waals surface area contributed by atoms with Crippen molar-refractivity contribution in [3.63, 3.8) is 0 Å². The molecule has 0 fully saturated rings. The van der Waals surface area contributed by atoms with Gasteiger partial charge in [0.15, 0.2) is 11.6 Å². The van der Waals surface area contributed by atoms with Crippen molar-refractivity contribution >= 4 is 64.2 Å². The van der Waals surface area contributed by atoms with Gasteiger partial charge in [-0.15, -0.1) is 5.10 Å². The van der Waals surface area contributed by atoms with E-state index in [1.807, 2.05) is 0 Å². The van der Waals surface area contributed by atoms with Gasteiger partial charge >= 0.3 is 0 Å². The molecule has 4 rings (SSSR count). The molecule has 2 amide bonds. The van der Waals surface area contributed by atoms with Crippen LogP contribution in [0.25, 0.3) is 11.6 Å². The molecule has 0 saturated heterocycles. The average Bonchev–Trinajstić information content (AvgIpc) is 3.30. The SMILES string of the molecule is O=C1c2c(Cl)c(Cl)c(Cl)c(Cl)c2C(=O)N1c1n[nH]c(-c2ccco2)n1. The quantitative estimate of drug-likeness (QED) is 0.377. The largest absolute Gasteiger partial charge is 0.461 e. The summed E-state index contributed by atoms with van der Waals surface area (Å²) in [5.41, 5.74) is -0.286. The number of hydrogen-bond donors (Lipinski definition) is 1. The van der Waals surface area contributed by atoms with Gasteiger partial charge in [-0.2, -0.15) is 4.98 Å². The van der Waals surface area contributed by atoms with Gasteiger partial charge < -0.3 is 4.42 Å². The molecular weight excluding hydrogens is 414 g/mol. The Bertz CT molecular complexity index is 998. The van der Waals surface area contributed by atoms with Crippen molar-refractivity contribution in [2.24, 2.45) is 0 Å². The number of nitrogens with one attached hydrogen (secondary N) is 1. The monoisotopic (exact) mass is 416 g/mol. The van der Waals surface area contributed by atoms with Gasteiger partial charge in [0.25, 0.3) is 17.8 Å². The van der Waals surface area contributed by atoms with Crippen molar-refractivity contribution in [3.8, 4) is 11.6 Å². The summed E-state index contributed by atoms with van der Waals surface area (Å²) in [6.07, 6.45) is 1.45. The Morgan fingerprint density at radius 3 is 2.08 bits per heavy atom. The number of rotatable bonds is 2. The highest BCUT2D eigenvalue weighted by atomic mass is 35.5. The van der Waals surface area contributed by atoms with E-state index in [0.29, 0.717) is 5.76 Å². The molecule has 0 atom stereocenters. The van der Waals surface area contributed by atoms with Crippen molar-refractivity contribution < 1.29 is 14.0 Å². The summed E-state index contributed by atoms with van der Waals surface area (Å²) in [6.45, 7) is 0. The highest BCUT2D eigenvalue weighted by Gasteiger charge is 2.44. The number of benzene rings is 1. The number of amides is 2. The third kappa shape index (κ3) is 2.27. The van der Waals surface area contributed by atoms with E-state index in [-0.39, 0.29) is 43.0 Å². The van der Waals surface area contributed by atoms with Crippen LogP contribution in [0.5, 0.6) is 0 Å². The van der Waals surface area contributed by atoms with Crippen molar-refractivity contribution in [2.75, 3.05) is 4.90 Å². The van der Waals surface area contributed by atoms with Crippen LogP contribution in [0.15, 0.2) is 22.8 Å². The summed E-state index contributed by atoms with van der Waals surface area (Å²) < 4.78 is 5.18. The van der Waals surface area contributed by atoms with Crippen molar-refractivity contribution in [1.82, 2.24) is 15.2 Å². The van der Waals surface area contributed by atoms with Gasteiger partial charge in [-0.3, -0.25) is 14.7 Å². The van der Waals surface area contributed by atoms with E-state index in [1.54, 1.807) is 12.1 Å². The van der Waals surface area contributed by atoms with E-state index >= 15 is 0 Å². The first kappa shape index (κ1) is 16.4. The Balaban J connectivity index is 1.84. The number of fused-ring (bicyclic) bond motifs is 1. The molecule has 3 heterocycles. The lowest BCUT2D eigenvalue weighted by atomic mass is 10.1. The molecule has 1 aliphatic rings. The van der Waals surface area contributed by atoms with Crippen LogP contribution >= 0.6 is 46.4 Å². The lowest BCUT2D eigenvalue weighted by molar-refractivity contribution is 0.0924. The zero-order chi connectivity index (χ0) is 17.9. The number of nitrogens with zero attached hydrogens (tertiary/aromatic N) is 3. The molecule has 0 bridgehead atoms. The second-order valence-electron chi connectivity index (χ2n) is 4.91. The van der Waals surface area contributed by atoms with E-state index in [2.05, 4.69) is 15.2 Å². The second kappa shape index (κ2) is 5.74. The van der Waals surface area contributed by atoms with E-state index in [9.17, 15) is 9.59 Å².